The monoisotopic (exact) mass is 266 g/mol. The first-order valence-corrected chi connectivity index (χ1v) is 6.03. The SMILES string of the molecule is CC(O)c1ccc(OCc2ccn(C)n2)c(Cl)c1. The minimum atomic E-state index is -0.535. The zero-order valence-electron chi connectivity index (χ0n) is 10.3. The molecule has 4 nitrogen and oxygen atoms in total. The van der Waals surface area contributed by atoms with Gasteiger partial charge in [0.25, 0.3) is 0 Å². The Balaban J connectivity index is 2.05. The molecular weight excluding hydrogens is 252 g/mol. The van der Waals surface area contributed by atoms with Crippen LogP contribution in [0, 0.1) is 0 Å². The van der Waals surface area contributed by atoms with Crippen LogP contribution in [0.3, 0.4) is 0 Å². The molecule has 0 radical (unpaired) electrons. The van der Waals surface area contributed by atoms with Crippen LogP contribution >= 0.6 is 11.6 Å². The fourth-order valence-corrected chi connectivity index (χ4v) is 1.83. The van der Waals surface area contributed by atoms with Crippen molar-refractivity contribution in [3.05, 3.63) is 46.7 Å². The van der Waals surface area contributed by atoms with Gasteiger partial charge in [0.15, 0.2) is 0 Å². The topological polar surface area (TPSA) is 47.3 Å². The molecule has 1 heterocycles. The predicted octanol–water partition coefficient (Wildman–Crippen LogP) is 2.71. The molecule has 1 atom stereocenters. The first-order valence-electron chi connectivity index (χ1n) is 5.65. The standard InChI is InChI=1S/C13H15ClN2O2/c1-9(17)10-3-4-13(12(14)7-10)18-8-11-5-6-16(2)15-11/h3-7,9,17H,8H2,1-2H3. The molecule has 1 aromatic carbocycles. The molecule has 5 heteroatoms. The number of halogens is 1. The van der Waals surface area contributed by atoms with Gasteiger partial charge in [-0.15, -0.1) is 0 Å². The maximum atomic E-state index is 9.44. The van der Waals surface area contributed by atoms with E-state index in [4.69, 9.17) is 16.3 Å². The fourth-order valence-electron chi connectivity index (χ4n) is 1.59. The molecule has 18 heavy (non-hydrogen) atoms. The first-order chi connectivity index (χ1) is 8.56. The van der Waals surface area contributed by atoms with Crippen LogP contribution in [0.25, 0.3) is 0 Å². The van der Waals surface area contributed by atoms with Gasteiger partial charge in [0, 0.05) is 13.2 Å². The van der Waals surface area contributed by atoms with Crippen LogP contribution in [-0.2, 0) is 13.7 Å². The van der Waals surface area contributed by atoms with Crippen molar-refractivity contribution in [2.45, 2.75) is 19.6 Å². The van der Waals surface area contributed by atoms with Gasteiger partial charge in [-0.05, 0) is 30.7 Å². The zero-order valence-corrected chi connectivity index (χ0v) is 11.1. The summed E-state index contributed by atoms with van der Waals surface area (Å²) in [5, 5.41) is 14.1. The van der Waals surface area contributed by atoms with Crippen molar-refractivity contribution in [3.63, 3.8) is 0 Å². The molecule has 2 rings (SSSR count). The highest BCUT2D eigenvalue weighted by Crippen LogP contribution is 2.28. The quantitative estimate of drug-likeness (QED) is 0.926. The smallest absolute Gasteiger partial charge is 0.138 e. The molecular formula is C13H15ClN2O2. The average Bonchev–Trinajstić information content (AvgIpc) is 2.73. The molecule has 1 unspecified atom stereocenters. The van der Waals surface area contributed by atoms with Crippen molar-refractivity contribution < 1.29 is 9.84 Å². The third-order valence-electron chi connectivity index (χ3n) is 2.58. The second-order valence-corrected chi connectivity index (χ2v) is 4.54. The van der Waals surface area contributed by atoms with Gasteiger partial charge in [0.05, 0.1) is 16.8 Å². The lowest BCUT2D eigenvalue weighted by atomic mass is 10.1. The summed E-state index contributed by atoms with van der Waals surface area (Å²) in [4.78, 5) is 0. The van der Waals surface area contributed by atoms with E-state index in [1.807, 2.05) is 19.3 Å². The third-order valence-corrected chi connectivity index (χ3v) is 2.88. The Kier molecular flexibility index (Phi) is 3.89. The highest BCUT2D eigenvalue weighted by atomic mass is 35.5. The van der Waals surface area contributed by atoms with Crippen molar-refractivity contribution in [1.29, 1.82) is 0 Å². The molecule has 1 N–H and O–H groups in total. The van der Waals surface area contributed by atoms with Gasteiger partial charge in [0.2, 0.25) is 0 Å². The first kappa shape index (κ1) is 12.9. The summed E-state index contributed by atoms with van der Waals surface area (Å²) in [5.41, 5.74) is 1.61. The predicted molar refractivity (Wildman–Crippen MR) is 69.6 cm³/mol. The summed E-state index contributed by atoms with van der Waals surface area (Å²) < 4.78 is 7.30. The lowest BCUT2D eigenvalue weighted by Gasteiger charge is -2.09. The van der Waals surface area contributed by atoms with Crippen LogP contribution in [0.2, 0.25) is 5.02 Å². The highest BCUT2D eigenvalue weighted by molar-refractivity contribution is 6.32. The number of aliphatic hydroxyl groups excluding tert-OH is 1. The van der Waals surface area contributed by atoms with E-state index in [0.29, 0.717) is 17.4 Å². The van der Waals surface area contributed by atoms with E-state index in [0.717, 1.165) is 11.3 Å². The zero-order chi connectivity index (χ0) is 13.1. The van der Waals surface area contributed by atoms with E-state index in [1.54, 1.807) is 29.8 Å². The largest absolute Gasteiger partial charge is 0.486 e. The average molecular weight is 267 g/mol. The van der Waals surface area contributed by atoms with Crippen LogP contribution in [0.15, 0.2) is 30.5 Å². The molecule has 0 fully saturated rings. The lowest BCUT2D eigenvalue weighted by molar-refractivity contribution is 0.199. The van der Waals surface area contributed by atoms with E-state index >= 15 is 0 Å². The van der Waals surface area contributed by atoms with Gasteiger partial charge >= 0.3 is 0 Å². The van der Waals surface area contributed by atoms with E-state index < -0.39 is 6.10 Å². The molecule has 1 aromatic heterocycles. The van der Waals surface area contributed by atoms with Gasteiger partial charge < -0.3 is 9.84 Å². The minimum absolute atomic E-state index is 0.370. The van der Waals surface area contributed by atoms with Crippen LogP contribution in [0.4, 0.5) is 0 Å². The Morgan fingerprint density at radius 1 is 1.44 bits per heavy atom. The summed E-state index contributed by atoms with van der Waals surface area (Å²) in [6.45, 7) is 2.06. The number of nitrogens with zero attached hydrogens (tertiary/aromatic N) is 2. The number of hydrogen-bond donors (Lipinski definition) is 1. The maximum absolute atomic E-state index is 9.44. The van der Waals surface area contributed by atoms with E-state index in [-0.39, 0.29) is 0 Å². The Hall–Kier alpha value is -1.52. The van der Waals surface area contributed by atoms with Crippen LogP contribution < -0.4 is 4.74 Å². The van der Waals surface area contributed by atoms with Gasteiger partial charge in [-0.1, -0.05) is 17.7 Å². The van der Waals surface area contributed by atoms with Crippen molar-refractivity contribution in [1.82, 2.24) is 9.78 Å². The van der Waals surface area contributed by atoms with E-state index in [1.165, 1.54) is 0 Å². The highest BCUT2D eigenvalue weighted by Gasteiger charge is 2.07. The molecule has 0 amide bonds. The summed E-state index contributed by atoms with van der Waals surface area (Å²) in [5.74, 6) is 0.590. The number of aryl methyl sites for hydroxylation is 1. The Morgan fingerprint density at radius 2 is 2.22 bits per heavy atom. The second kappa shape index (κ2) is 5.42. The summed E-state index contributed by atoms with van der Waals surface area (Å²) in [6, 6.07) is 7.15. The van der Waals surface area contributed by atoms with E-state index in [9.17, 15) is 5.11 Å². The number of rotatable bonds is 4. The van der Waals surface area contributed by atoms with Crippen molar-refractivity contribution >= 4 is 11.6 Å². The van der Waals surface area contributed by atoms with Gasteiger partial charge in [-0.2, -0.15) is 5.10 Å². The number of hydrogen-bond acceptors (Lipinski definition) is 3. The Bertz CT molecular complexity index is 538. The Labute approximate surface area is 111 Å². The molecule has 0 saturated carbocycles. The molecule has 2 aromatic rings. The Morgan fingerprint density at radius 3 is 2.78 bits per heavy atom. The number of benzene rings is 1. The number of ether oxygens (including phenoxy) is 1. The molecule has 0 aliphatic heterocycles. The second-order valence-electron chi connectivity index (χ2n) is 4.14. The summed E-state index contributed by atoms with van der Waals surface area (Å²) in [7, 11) is 1.86. The fraction of sp³-hybridized carbons (Fsp3) is 0.308. The normalized spacial score (nSPS) is 12.4. The molecule has 0 saturated heterocycles. The molecule has 0 aliphatic rings. The maximum Gasteiger partial charge on any atom is 0.138 e. The van der Waals surface area contributed by atoms with Crippen LogP contribution in [0.5, 0.6) is 5.75 Å². The van der Waals surface area contributed by atoms with Gasteiger partial charge in [-0.25, -0.2) is 0 Å². The lowest BCUT2D eigenvalue weighted by Crippen LogP contribution is -1.99. The minimum Gasteiger partial charge on any atom is -0.486 e. The van der Waals surface area contributed by atoms with Crippen LogP contribution in [-0.4, -0.2) is 14.9 Å². The van der Waals surface area contributed by atoms with Crippen LogP contribution in [0.1, 0.15) is 24.3 Å². The van der Waals surface area contributed by atoms with Gasteiger partial charge in [0.1, 0.15) is 12.4 Å². The van der Waals surface area contributed by atoms with Gasteiger partial charge in [-0.3, -0.25) is 4.68 Å². The van der Waals surface area contributed by atoms with E-state index in [2.05, 4.69) is 5.10 Å². The van der Waals surface area contributed by atoms with Crippen molar-refractivity contribution in [2.75, 3.05) is 0 Å². The van der Waals surface area contributed by atoms with Crippen molar-refractivity contribution in [3.8, 4) is 5.75 Å². The number of aromatic nitrogens is 2. The molecule has 96 valence electrons. The molecule has 0 aliphatic carbocycles. The summed E-state index contributed by atoms with van der Waals surface area (Å²) >= 11 is 6.08. The van der Waals surface area contributed by atoms with Crippen molar-refractivity contribution in [2.24, 2.45) is 7.05 Å². The third kappa shape index (κ3) is 3.03. The molecule has 0 spiro atoms. The number of aliphatic hydroxyl groups is 1. The summed E-state index contributed by atoms with van der Waals surface area (Å²) in [6.07, 6.45) is 1.32. The molecule has 0 bridgehead atoms.